The Hall–Kier alpha value is -1.66. The lowest BCUT2D eigenvalue weighted by molar-refractivity contribution is 0.631. The largest absolute Gasteiger partial charge is 0.206 e. The van der Waals surface area contributed by atoms with Crippen LogP contribution in [-0.2, 0) is 0 Å². The monoisotopic (exact) mass is 275 g/mol. The van der Waals surface area contributed by atoms with E-state index in [1.54, 1.807) is 36.4 Å². The van der Waals surface area contributed by atoms with Gasteiger partial charge < -0.3 is 0 Å². The van der Waals surface area contributed by atoms with Crippen molar-refractivity contribution in [3.8, 4) is 17.2 Å². The first kappa shape index (κ1) is 10.8. The third kappa shape index (κ3) is 1.84. The molecule has 0 unspecified atom stereocenters. The Morgan fingerprint density at radius 3 is 2.38 bits per heavy atom. The van der Waals surface area contributed by atoms with Gasteiger partial charge in [0.25, 0.3) is 0 Å². The first-order chi connectivity index (χ1) is 7.74. The van der Waals surface area contributed by atoms with E-state index >= 15 is 0 Å². The molecule has 0 saturated heterocycles. The average Bonchev–Trinajstić information content (AvgIpc) is 2.29. The molecule has 3 heteroatoms. The van der Waals surface area contributed by atoms with E-state index in [1.807, 2.05) is 0 Å². The molecule has 0 aliphatic rings. The van der Waals surface area contributed by atoms with Gasteiger partial charge in [0.05, 0.1) is 5.56 Å². The van der Waals surface area contributed by atoms with Crippen molar-refractivity contribution in [2.24, 2.45) is 0 Å². The van der Waals surface area contributed by atoms with Crippen LogP contribution < -0.4 is 0 Å². The summed E-state index contributed by atoms with van der Waals surface area (Å²) in [6.45, 7) is 0. The molecule has 0 aliphatic carbocycles. The third-order valence-corrected chi connectivity index (χ3v) is 2.95. The summed E-state index contributed by atoms with van der Waals surface area (Å²) in [5, 5.41) is 9.05. The summed E-state index contributed by atoms with van der Waals surface area (Å²) in [6.07, 6.45) is 0. The van der Waals surface area contributed by atoms with Gasteiger partial charge in [0.2, 0.25) is 0 Å². The highest BCUT2D eigenvalue weighted by Crippen LogP contribution is 2.30. The van der Waals surface area contributed by atoms with Crippen LogP contribution in [0.15, 0.2) is 46.9 Å². The molecule has 0 aliphatic heterocycles. The Morgan fingerprint density at radius 2 is 1.69 bits per heavy atom. The Bertz CT molecular complexity index is 572. The van der Waals surface area contributed by atoms with Crippen LogP contribution in [0.25, 0.3) is 11.1 Å². The predicted molar refractivity (Wildman–Crippen MR) is 64.3 cm³/mol. The second kappa shape index (κ2) is 4.46. The highest BCUT2D eigenvalue weighted by molar-refractivity contribution is 9.10. The van der Waals surface area contributed by atoms with Gasteiger partial charge in [-0.2, -0.15) is 5.26 Å². The molecule has 0 heterocycles. The Balaban J connectivity index is 2.71. The maximum Gasteiger partial charge on any atom is 0.131 e. The molecule has 0 bridgehead atoms. The van der Waals surface area contributed by atoms with Crippen molar-refractivity contribution in [1.82, 2.24) is 0 Å². The zero-order chi connectivity index (χ0) is 11.5. The van der Waals surface area contributed by atoms with E-state index in [2.05, 4.69) is 22.0 Å². The van der Waals surface area contributed by atoms with Crippen molar-refractivity contribution < 1.29 is 4.39 Å². The standard InChI is InChI=1S/C13H7BrFN/c14-12-6-3-5-9(11(12)8-16)10-4-1-2-7-13(10)15/h1-7H. The van der Waals surface area contributed by atoms with Crippen molar-refractivity contribution >= 4 is 15.9 Å². The van der Waals surface area contributed by atoms with E-state index in [-0.39, 0.29) is 5.82 Å². The van der Waals surface area contributed by atoms with Gasteiger partial charge in [-0.15, -0.1) is 0 Å². The molecule has 0 atom stereocenters. The first-order valence-electron chi connectivity index (χ1n) is 4.67. The predicted octanol–water partition coefficient (Wildman–Crippen LogP) is 4.13. The second-order valence-corrected chi connectivity index (χ2v) is 4.11. The van der Waals surface area contributed by atoms with Crippen molar-refractivity contribution in [2.45, 2.75) is 0 Å². The van der Waals surface area contributed by atoms with Crippen LogP contribution >= 0.6 is 15.9 Å². The van der Waals surface area contributed by atoms with Crippen molar-refractivity contribution in [3.63, 3.8) is 0 Å². The van der Waals surface area contributed by atoms with Crippen molar-refractivity contribution in [2.75, 3.05) is 0 Å². The van der Waals surface area contributed by atoms with E-state index in [1.165, 1.54) is 6.07 Å². The SMILES string of the molecule is N#Cc1c(Br)cccc1-c1ccccc1F. The Morgan fingerprint density at radius 1 is 1.00 bits per heavy atom. The summed E-state index contributed by atoms with van der Waals surface area (Å²) < 4.78 is 14.3. The van der Waals surface area contributed by atoms with Gasteiger partial charge in [0, 0.05) is 15.6 Å². The summed E-state index contributed by atoms with van der Waals surface area (Å²) in [4.78, 5) is 0. The number of hydrogen-bond donors (Lipinski definition) is 0. The molecular weight excluding hydrogens is 269 g/mol. The number of rotatable bonds is 1. The number of halogens is 2. The fourth-order valence-corrected chi connectivity index (χ4v) is 2.00. The molecule has 2 aromatic carbocycles. The van der Waals surface area contributed by atoms with E-state index in [0.29, 0.717) is 21.2 Å². The minimum Gasteiger partial charge on any atom is -0.206 e. The van der Waals surface area contributed by atoms with Crippen LogP contribution in [0, 0.1) is 17.1 Å². The molecule has 78 valence electrons. The highest BCUT2D eigenvalue weighted by Gasteiger charge is 2.10. The fourth-order valence-electron chi connectivity index (χ4n) is 1.54. The van der Waals surface area contributed by atoms with E-state index in [4.69, 9.17) is 5.26 Å². The molecule has 2 aromatic rings. The van der Waals surface area contributed by atoms with Crippen molar-refractivity contribution in [1.29, 1.82) is 5.26 Å². The number of nitriles is 1. The minimum absolute atomic E-state index is 0.322. The van der Waals surface area contributed by atoms with E-state index in [0.717, 1.165) is 0 Å². The average molecular weight is 276 g/mol. The Kier molecular flexibility index (Phi) is 3.02. The summed E-state index contributed by atoms with van der Waals surface area (Å²) in [5.74, 6) is -0.322. The van der Waals surface area contributed by atoms with Crippen LogP contribution in [0.2, 0.25) is 0 Å². The maximum absolute atomic E-state index is 13.6. The zero-order valence-electron chi connectivity index (χ0n) is 8.24. The molecule has 0 spiro atoms. The van der Waals surface area contributed by atoms with Gasteiger partial charge in [0.1, 0.15) is 11.9 Å². The van der Waals surface area contributed by atoms with Gasteiger partial charge in [-0.3, -0.25) is 0 Å². The maximum atomic E-state index is 13.6. The van der Waals surface area contributed by atoms with Crippen LogP contribution in [0.3, 0.4) is 0 Å². The molecule has 1 nitrogen and oxygen atoms in total. The number of nitrogens with zero attached hydrogens (tertiary/aromatic N) is 1. The molecule has 0 fully saturated rings. The third-order valence-electron chi connectivity index (χ3n) is 2.29. The van der Waals surface area contributed by atoms with Crippen LogP contribution in [0.5, 0.6) is 0 Å². The number of benzene rings is 2. The topological polar surface area (TPSA) is 23.8 Å². The second-order valence-electron chi connectivity index (χ2n) is 3.25. The lowest BCUT2D eigenvalue weighted by Crippen LogP contribution is -1.88. The molecule has 0 radical (unpaired) electrons. The molecule has 2 rings (SSSR count). The molecule has 0 saturated carbocycles. The molecule has 0 amide bonds. The van der Waals surface area contributed by atoms with Crippen LogP contribution in [0.4, 0.5) is 4.39 Å². The smallest absolute Gasteiger partial charge is 0.131 e. The van der Waals surface area contributed by atoms with Gasteiger partial charge in [-0.25, -0.2) is 4.39 Å². The van der Waals surface area contributed by atoms with E-state index in [9.17, 15) is 4.39 Å². The van der Waals surface area contributed by atoms with Crippen molar-refractivity contribution in [3.05, 3.63) is 58.3 Å². The van der Waals surface area contributed by atoms with Gasteiger partial charge >= 0.3 is 0 Å². The quantitative estimate of drug-likeness (QED) is 0.768. The fraction of sp³-hybridized carbons (Fsp3) is 0. The first-order valence-corrected chi connectivity index (χ1v) is 5.47. The molecule has 0 N–H and O–H groups in total. The molecular formula is C13H7BrFN. The van der Waals surface area contributed by atoms with E-state index < -0.39 is 0 Å². The highest BCUT2D eigenvalue weighted by atomic mass is 79.9. The zero-order valence-corrected chi connectivity index (χ0v) is 9.83. The molecule has 16 heavy (non-hydrogen) atoms. The van der Waals surface area contributed by atoms with Gasteiger partial charge in [0.15, 0.2) is 0 Å². The summed E-state index contributed by atoms with van der Waals surface area (Å²) in [5.41, 5.74) is 1.50. The van der Waals surface area contributed by atoms with Crippen LogP contribution in [0.1, 0.15) is 5.56 Å². The minimum atomic E-state index is -0.322. The normalized spacial score (nSPS) is 9.81. The Labute approximate surface area is 101 Å². The number of hydrogen-bond acceptors (Lipinski definition) is 1. The summed E-state index contributed by atoms with van der Waals surface area (Å²) >= 11 is 3.28. The summed E-state index contributed by atoms with van der Waals surface area (Å²) in [6, 6.07) is 13.8. The van der Waals surface area contributed by atoms with Crippen LogP contribution in [-0.4, -0.2) is 0 Å². The lowest BCUT2D eigenvalue weighted by atomic mass is 10.00. The lowest BCUT2D eigenvalue weighted by Gasteiger charge is -2.06. The van der Waals surface area contributed by atoms with Gasteiger partial charge in [-0.1, -0.05) is 30.3 Å². The summed E-state index contributed by atoms with van der Waals surface area (Å²) in [7, 11) is 0. The van der Waals surface area contributed by atoms with Gasteiger partial charge in [-0.05, 0) is 28.1 Å². The molecule has 0 aromatic heterocycles.